The summed E-state index contributed by atoms with van der Waals surface area (Å²) in [7, 11) is 1.37. The summed E-state index contributed by atoms with van der Waals surface area (Å²) in [5, 5.41) is 9.66. The van der Waals surface area contributed by atoms with Gasteiger partial charge in [-0.3, -0.25) is 9.69 Å². The molecular weight excluding hydrogens is 422 g/mol. The van der Waals surface area contributed by atoms with Crippen LogP contribution in [0.15, 0.2) is 45.6 Å². The largest absolute Gasteiger partial charge is 0.467 e. The number of benzene rings is 2. The van der Waals surface area contributed by atoms with E-state index in [1.165, 1.54) is 7.11 Å². The van der Waals surface area contributed by atoms with Crippen molar-refractivity contribution in [2.45, 2.75) is 39.2 Å². The lowest BCUT2D eigenvalue weighted by Crippen LogP contribution is -2.34. The lowest BCUT2D eigenvalue weighted by molar-refractivity contribution is 0.0600. The molecule has 1 aliphatic rings. The molecule has 0 aliphatic carbocycles. The first kappa shape index (κ1) is 23.0. The Hall–Kier alpha value is -3.16. The highest BCUT2D eigenvalue weighted by atomic mass is 16.6. The van der Waals surface area contributed by atoms with Crippen molar-refractivity contribution in [2.75, 3.05) is 27.0 Å². The number of carbonyl (C=O) groups is 1. The van der Waals surface area contributed by atoms with Crippen LogP contribution < -0.4 is 10.2 Å². The van der Waals surface area contributed by atoms with Crippen LogP contribution in [0.25, 0.3) is 11.0 Å². The first-order valence-electron chi connectivity index (χ1n) is 11.1. The Bertz CT molecular complexity index is 1210. The Balaban J connectivity index is 1.59. The monoisotopic (exact) mass is 451 g/mol. The maximum atomic E-state index is 13.1. The number of hydrogen-bond donors (Lipinski definition) is 1. The van der Waals surface area contributed by atoms with Gasteiger partial charge in [0.05, 0.1) is 18.1 Å². The molecule has 1 aliphatic heterocycles. The third-order valence-corrected chi connectivity index (χ3v) is 6.40. The van der Waals surface area contributed by atoms with Gasteiger partial charge in [0.25, 0.3) is 0 Å². The minimum Gasteiger partial charge on any atom is -0.467 e. The van der Waals surface area contributed by atoms with Crippen molar-refractivity contribution in [3.63, 3.8) is 0 Å². The van der Waals surface area contributed by atoms with E-state index in [9.17, 15) is 9.59 Å². The average molecular weight is 452 g/mol. The molecule has 0 amide bonds. The summed E-state index contributed by atoms with van der Waals surface area (Å²) in [6.07, 6.45) is 1.94. The highest BCUT2D eigenvalue weighted by Gasteiger charge is 2.27. The number of rotatable bonds is 6. The number of carbonyl (C=O) groups excluding carboxylic acids is 1. The number of piperidine rings is 1. The fraction of sp³-hybridized carbons (Fsp3) is 0.385. The number of esters is 1. The molecule has 1 N–H and O–H groups in total. The zero-order valence-electron chi connectivity index (χ0n) is 19.2. The van der Waals surface area contributed by atoms with Gasteiger partial charge in [-0.15, -0.1) is 0 Å². The summed E-state index contributed by atoms with van der Waals surface area (Å²) in [6.45, 7) is 5.72. The molecule has 0 spiro atoms. The topological polar surface area (TPSA) is 89.2 Å². The smallest absolute Gasteiger partial charge is 0.337 e. The van der Waals surface area contributed by atoms with Gasteiger partial charge in [-0.2, -0.15) is 0 Å². The molecule has 0 saturated carbocycles. The van der Waals surface area contributed by atoms with Crippen molar-refractivity contribution in [1.29, 1.82) is 0 Å². The fourth-order valence-electron chi connectivity index (χ4n) is 4.64. The first-order chi connectivity index (χ1) is 15.9. The predicted molar refractivity (Wildman–Crippen MR) is 125 cm³/mol. The Labute approximate surface area is 192 Å². The molecule has 2 heterocycles. The third-order valence-electron chi connectivity index (χ3n) is 6.40. The number of aliphatic hydroxyl groups excluding tert-OH is 1. The number of ether oxygens (including phenoxy) is 2. The fourth-order valence-corrected chi connectivity index (χ4v) is 4.64. The lowest BCUT2D eigenvalue weighted by atomic mass is 9.92. The van der Waals surface area contributed by atoms with E-state index in [0.717, 1.165) is 43.8 Å². The van der Waals surface area contributed by atoms with Crippen molar-refractivity contribution in [1.82, 2.24) is 4.90 Å². The second-order valence-corrected chi connectivity index (χ2v) is 8.52. The summed E-state index contributed by atoms with van der Waals surface area (Å²) >= 11 is 0. The minimum atomic E-state index is -0.437. The summed E-state index contributed by atoms with van der Waals surface area (Å²) in [5.74, 6) is 0.988. The highest BCUT2D eigenvalue weighted by Crippen LogP contribution is 2.33. The van der Waals surface area contributed by atoms with Crippen LogP contribution in [-0.2, 0) is 11.3 Å². The minimum absolute atomic E-state index is 0.0274. The molecule has 0 bridgehead atoms. The first-order valence-corrected chi connectivity index (χ1v) is 11.1. The van der Waals surface area contributed by atoms with E-state index in [1.54, 1.807) is 24.3 Å². The molecule has 7 nitrogen and oxygen atoms in total. The molecule has 1 saturated heterocycles. The van der Waals surface area contributed by atoms with E-state index in [1.807, 2.05) is 26.0 Å². The Morgan fingerprint density at radius 1 is 1.15 bits per heavy atom. The molecule has 3 aromatic rings. The molecule has 1 fully saturated rings. The summed E-state index contributed by atoms with van der Waals surface area (Å²) in [5.41, 5.74) is 3.49. The SMILES string of the molecule is COC(=O)c1ccc(CN2CCCC(c3oc4c(C)c(OCO)ccc4c(=O)c3C)C2)cc1. The van der Waals surface area contributed by atoms with E-state index in [0.29, 0.717) is 33.4 Å². The van der Waals surface area contributed by atoms with Crippen LogP contribution in [0.1, 0.15) is 51.6 Å². The van der Waals surface area contributed by atoms with Crippen LogP contribution in [0, 0.1) is 13.8 Å². The molecule has 1 unspecified atom stereocenters. The van der Waals surface area contributed by atoms with Crippen LogP contribution in [-0.4, -0.2) is 43.0 Å². The number of likely N-dealkylation sites (tertiary alicyclic amines) is 1. The van der Waals surface area contributed by atoms with Crippen molar-refractivity contribution < 1.29 is 23.8 Å². The Morgan fingerprint density at radius 2 is 1.91 bits per heavy atom. The number of aliphatic hydroxyl groups is 1. The van der Waals surface area contributed by atoms with Crippen molar-refractivity contribution in [2.24, 2.45) is 0 Å². The van der Waals surface area contributed by atoms with E-state index in [4.69, 9.17) is 19.0 Å². The summed E-state index contributed by atoms with van der Waals surface area (Å²) in [4.78, 5) is 27.1. The molecule has 174 valence electrons. The quantitative estimate of drug-likeness (QED) is 0.449. The predicted octanol–water partition coefficient (Wildman–Crippen LogP) is 3.90. The summed E-state index contributed by atoms with van der Waals surface area (Å²) in [6, 6.07) is 10.8. The van der Waals surface area contributed by atoms with E-state index in [-0.39, 0.29) is 17.3 Å². The number of methoxy groups -OCH3 is 1. The van der Waals surface area contributed by atoms with Gasteiger partial charge >= 0.3 is 5.97 Å². The lowest BCUT2D eigenvalue weighted by Gasteiger charge is -2.32. The highest BCUT2D eigenvalue weighted by molar-refractivity contribution is 5.89. The van der Waals surface area contributed by atoms with Crippen LogP contribution in [0.3, 0.4) is 0 Å². The Morgan fingerprint density at radius 3 is 2.61 bits per heavy atom. The zero-order valence-corrected chi connectivity index (χ0v) is 19.2. The Kier molecular flexibility index (Phi) is 6.81. The van der Waals surface area contributed by atoms with Crippen LogP contribution in [0.5, 0.6) is 5.75 Å². The van der Waals surface area contributed by atoms with Crippen molar-refractivity contribution in [3.05, 3.63) is 74.6 Å². The van der Waals surface area contributed by atoms with Crippen molar-refractivity contribution in [3.8, 4) is 5.75 Å². The molecule has 1 atom stereocenters. The molecule has 1 aromatic heterocycles. The van der Waals surface area contributed by atoms with Crippen LogP contribution >= 0.6 is 0 Å². The average Bonchev–Trinajstić information content (AvgIpc) is 2.83. The van der Waals surface area contributed by atoms with E-state index in [2.05, 4.69) is 4.90 Å². The van der Waals surface area contributed by atoms with Gasteiger partial charge in [-0.05, 0) is 63.1 Å². The number of aryl methyl sites for hydroxylation is 1. The molecule has 33 heavy (non-hydrogen) atoms. The van der Waals surface area contributed by atoms with Gasteiger partial charge in [0, 0.05) is 30.1 Å². The van der Waals surface area contributed by atoms with Gasteiger partial charge in [0.15, 0.2) is 12.2 Å². The van der Waals surface area contributed by atoms with Crippen LogP contribution in [0.4, 0.5) is 0 Å². The maximum absolute atomic E-state index is 13.1. The van der Waals surface area contributed by atoms with Gasteiger partial charge in [-0.1, -0.05) is 12.1 Å². The van der Waals surface area contributed by atoms with Gasteiger partial charge in [0.1, 0.15) is 17.1 Å². The standard InChI is InChI=1S/C26H29NO6/c1-16-22(32-15-28)11-10-21-23(29)17(2)24(33-25(16)21)20-5-4-12-27(14-20)13-18-6-8-19(9-7-18)26(30)31-3/h6-11,20,28H,4-5,12-15H2,1-3H3. The molecular formula is C26H29NO6. The normalized spacial score (nSPS) is 16.7. The van der Waals surface area contributed by atoms with Crippen molar-refractivity contribution >= 4 is 16.9 Å². The maximum Gasteiger partial charge on any atom is 0.337 e. The van der Waals surface area contributed by atoms with E-state index < -0.39 is 6.79 Å². The van der Waals surface area contributed by atoms with Gasteiger partial charge < -0.3 is 19.0 Å². The third kappa shape index (κ3) is 4.65. The van der Waals surface area contributed by atoms with Crippen LogP contribution in [0.2, 0.25) is 0 Å². The molecule has 0 radical (unpaired) electrons. The number of fused-ring (bicyclic) bond motifs is 1. The molecule has 4 rings (SSSR count). The second-order valence-electron chi connectivity index (χ2n) is 8.52. The number of hydrogen-bond acceptors (Lipinski definition) is 7. The summed E-state index contributed by atoms with van der Waals surface area (Å²) < 4.78 is 16.4. The number of nitrogens with zero attached hydrogens (tertiary/aromatic N) is 1. The second kappa shape index (κ2) is 9.77. The van der Waals surface area contributed by atoms with Gasteiger partial charge in [-0.25, -0.2) is 4.79 Å². The van der Waals surface area contributed by atoms with Gasteiger partial charge in [0.2, 0.25) is 0 Å². The molecule has 2 aromatic carbocycles. The molecule has 7 heteroatoms. The van der Waals surface area contributed by atoms with E-state index >= 15 is 0 Å². The zero-order chi connectivity index (χ0) is 23.5.